The Morgan fingerprint density at radius 1 is 0.703 bits per heavy atom. The molecule has 2 heterocycles. The Morgan fingerprint density at radius 3 is 1.51 bits per heavy atom. The Hall–Kier alpha value is 0.734. The van der Waals surface area contributed by atoms with E-state index in [4.69, 9.17) is 4.12 Å². The van der Waals surface area contributed by atoms with Gasteiger partial charge in [0.25, 0.3) is 0 Å². The van der Waals surface area contributed by atoms with E-state index in [1.165, 1.54) is 50.0 Å². The van der Waals surface area contributed by atoms with Gasteiger partial charge in [0.05, 0.1) is 0 Å². The number of rotatable bonds is 20. The molecule has 2 aliphatic rings. The topological polar surface area (TPSA) is 67.4 Å². The largest absolute Gasteiger partial charge is 0.455 e. The summed E-state index contributed by atoms with van der Waals surface area (Å²) >= 11 is 0. The zero-order valence-corrected chi connectivity index (χ0v) is 29.0. The molecule has 2 fully saturated rings. The van der Waals surface area contributed by atoms with Crippen LogP contribution in [0, 0.1) is 0 Å². The highest BCUT2D eigenvalue weighted by atomic mass is 33.1. The summed E-state index contributed by atoms with van der Waals surface area (Å²) in [5.74, 6) is 2.99. The zero-order valence-electron chi connectivity index (χ0n) is 23.7. The van der Waals surface area contributed by atoms with Gasteiger partial charge in [-0.3, -0.25) is 9.59 Å². The van der Waals surface area contributed by atoms with Crippen molar-refractivity contribution in [1.82, 2.24) is 10.6 Å². The molecule has 5 nitrogen and oxygen atoms in total. The van der Waals surface area contributed by atoms with Crippen LogP contribution in [0.2, 0.25) is 38.3 Å². The molecule has 2 amide bonds. The Kier molecular flexibility index (Phi) is 17.4. The molecule has 11 heteroatoms. The zero-order chi connectivity index (χ0) is 27.0. The molecule has 0 aliphatic carbocycles. The SMILES string of the molecule is C[Si](C)(CCCNC(=O)CCCCC1CCSS1)O[Si](C)(C)CCCNC(=O)CCCCC1CCSS1. The van der Waals surface area contributed by atoms with E-state index in [-0.39, 0.29) is 11.8 Å². The van der Waals surface area contributed by atoms with E-state index in [0.717, 1.165) is 61.4 Å². The fourth-order valence-electron chi connectivity index (χ4n) is 4.95. The number of carbonyl (C=O) groups is 2. The highest BCUT2D eigenvalue weighted by Crippen LogP contribution is 2.40. The molecule has 2 rings (SSSR count). The third-order valence-corrected chi connectivity index (χ3v) is 20.5. The minimum atomic E-state index is -1.76. The Balaban J connectivity index is 1.45. The predicted octanol–water partition coefficient (Wildman–Crippen LogP) is 7.85. The lowest BCUT2D eigenvalue weighted by molar-refractivity contribution is -0.122. The predicted molar refractivity (Wildman–Crippen MR) is 175 cm³/mol. The molecular formula is C26H52N2O3S4Si2. The molecule has 2 atom stereocenters. The molecule has 2 unspecified atom stereocenters. The molecule has 0 aromatic heterocycles. The lowest BCUT2D eigenvalue weighted by Crippen LogP contribution is -2.45. The fraction of sp³-hybridized carbons (Fsp3) is 0.923. The average Bonchev–Trinajstić information content (AvgIpc) is 3.54. The van der Waals surface area contributed by atoms with Gasteiger partial charge in [0.15, 0.2) is 16.6 Å². The summed E-state index contributed by atoms with van der Waals surface area (Å²) in [6.07, 6.45) is 12.9. The molecule has 2 saturated heterocycles. The van der Waals surface area contributed by atoms with E-state index in [2.05, 4.69) is 36.8 Å². The van der Waals surface area contributed by atoms with Gasteiger partial charge in [0.1, 0.15) is 0 Å². The van der Waals surface area contributed by atoms with Gasteiger partial charge < -0.3 is 14.7 Å². The molecule has 37 heavy (non-hydrogen) atoms. The molecule has 216 valence electrons. The van der Waals surface area contributed by atoms with E-state index < -0.39 is 16.6 Å². The molecule has 2 aliphatic heterocycles. The Morgan fingerprint density at radius 2 is 1.14 bits per heavy atom. The van der Waals surface area contributed by atoms with Gasteiger partial charge in [-0.2, -0.15) is 0 Å². The minimum Gasteiger partial charge on any atom is -0.455 e. The van der Waals surface area contributed by atoms with Crippen molar-refractivity contribution in [1.29, 1.82) is 0 Å². The van der Waals surface area contributed by atoms with Crippen molar-refractivity contribution in [3.8, 4) is 0 Å². The third kappa shape index (κ3) is 17.2. The molecule has 0 saturated carbocycles. The first-order valence-electron chi connectivity index (χ1n) is 14.5. The molecule has 0 aromatic carbocycles. The standard InChI is InChI=1S/C26H52N2O3S4Si2/c1-36(2,21-9-17-27-25(29)13-7-5-11-23-15-19-32-34-23)31-37(3,4)22-10-18-28-26(30)14-8-6-12-24-16-20-33-35-24/h23-24H,5-22H2,1-4H3,(H,27,29)(H,28,30). The number of nitrogens with one attached hydrogen (secondary N) is 2. The number of amides is 2. The van der Waals surface area contributed by atoms with Crippen LogP contribution < -0.4 is 10.6 Å². The van der Waals surface area contributed by atoms with Gasteiger partial charge >= 0.3 is 0 Å². The summed E-state index contributed by atoms with van der Waals surface area (Å²) in [5, 5.41) is 7.86. The summed E-state index contributed by atoms with van der Waals surface area (Å²) in [4.78, 5) is 24.3. The number of unbranched alkanes of at least 4 members (excludes halogenated alkanes) is 2. The summed E-state index contributed by atoms with van der Waals surface area (Å²) in [5.41, 5.74) is 0. The van der Waals surface area contributed by atoms with Crippen LogP contribution in [0.4, 0.5) is 0 Å². The van der Waals surface area contributed by atoms with Crippen molar-refractivity contribution in [3.63, 3.8) is 0 Å². The van der Waals surface area contributed by atoms with Gasteiger partial charge in [-0.15, -0.1) is 0 Å². The van der Waals surface area contributed by atoms with Crippen molar-refractivity contribution in [2.24, 2.45) is 0 Å². The average molecular weight is 625 g/mol. The highest BCUT2D eigenvalue weighted by Gasteiger charge is 2.32. The van der Waals surface area contributed by atoms with Crippen LogP contribution in [0.3, 0.4) is 0 Å². The van der Waals surface area contributed by atoms with Crippen LogP contribution in [0.5, 0.6) is 0 Å². The maximum atomic E-state index is 12.1. The van der Waals surface area contributed by atoms with Crippen LogP contribution in [0.25, 0.3) is 0 Å². The molecule has 2 N–H and O–H groups in total. The first-order chi connectivity index (χ1) is 17.7. The quantitative estimate of drug-likeness (QED) is 0.0812. The first kappa shape index (κ1) is 33.9. The number of hydrogen-bond donors (Lipinski definition) is 2. The van der Waals surface area contributed by atoms with Gasteiger partial charge in [0, 0.05) is 47.9 Å². The van der Waals surface area contributed by atoms with E-state index >= 15 is 0 Å². The van der Waals surface area contributed by atoms with Crippen molar-refractivity contribution in [3.05, 3.63) is 0 Å². The maximum Gasteiger partial charge on any atom is 0.219 e. The molecule has 0 aromatic rings. The Bertz CT molecular complexity index is 608. The van der Waals surface area contributed by atoms with Crippen LogP contribution in [-0.4, -0.2) is 63.5 Å². The third-order valence-electron chi connectivity index (χ3n) is 6.92. The molecule has 0 radical (unpaired) electrons. The number of carbonyl (C=O) groups excluding carboxylic acids is 2. The van der Waals surface area contributed by atoms with Crippen molar-refractivity contribution in [2.75, 3.05) is 24.6 Å². The van der Waals surface area contributed by atoms with Gasteiger partial charge in [0.2, 0.25) is 11.8 Å². The van der Waals surface area contributed by atoms with Crippen LogP contribution in [0.15, 0.2) is 0 Å². The second kappa shape index (κ2) is 19.0. The van der Waals surface area contributed by atoms with Crippen LogP contribution in [0.1, 0.15) is 77.0 Å². The highest BCUT2D eigenvalue weighted by molar-refractivity contribution is 8.77. The molecular weight excluding hydrogens is 573 g/mol. The normalized spacial score (nSPS) is 20.3. The van der Waals surface area contributed by atoms with E-state index in [9.17, 15) is 9.59 Å². The minimum absolute atomic E-state index is 0.206. The monoisotopic (exact) mass is 624 g/mol. The molecule has 0 bridgehead atoms. The van der Waals surface area contributed by atoms with Crippen molar-refractivity contribution >= 4 is 71.6 Å². The van der Waals surface area contributed by atoms with Gasteiger partial charge in [-0.25, -0.2) is 0 Å². The molecule has 0 spiro atoms. The van der Waals surface area contributed by atoms with E-state index in [1.54, 1.807) is 0 Å². The number of hydrogen-bond acceptors (Lipinski definition) is 7. The summed E-state index contributed by atoms with van der Waals surface area (Å²) in [6, 6.07) is 2.16. The van der Waals surface area contributed by atoms with Crippen LogP contribution >= 0.6 is 43.2 Å². The van der Waals surface area contributed by atoms with Crippen LogP contribution in [-0.2, 0) is 13.7 Å². The second-order valence-electron chi connectivity index (χ2n) is 11.7. The van der Waals surface area contributed by atoms with Crippen molar-refractivity contribution < 1.29 is 13.7 Å². The van der Waals surface area contributed by atoms with E-state index in [1.807, 2.05) is 43.2 Å². The lowest BCUT2D eigenvalue weighted by Gasteiger charge is -2.34. The summed E-state index contributed by atoms with van der Waals surface area (Å²) in [6.45, 7) is 10.8. The van der Waals surface area contributed by atoms with Crippen molar-refractivity contribution in [2.45, 2.75) is 126 Å². The summed E-state index contributed by atoms with van der Waals surface area (Å²) < 4.78 is 6.74. The van der Waals surface area contributed by atoms with Gasteiger partial charge in [-0.1, -0.05) is 56.0 Å². The second-order valence-corrected chi connectivity index (χ2v) is 26.1. The maximum absolute atomic E-state index is 12.1. The fourth-order valence-corrected chi connectivity index (χ4v) is 19.9. The summed E-state index contributed by atoms with van der Waals surface area (Å²) in [7, 11) is 4.53. The Labute approximate surface area is 245 Å². The lowest BCUT2D eigenvalue weighted by atomic mass is 10.1. The van der Waals surface area contributed by atoms with Gasteiger partial charge in [-0.05, 0) is 89.6 Å². The first-order valence-corrected chi connectivity index (χ1v) is 25.4. The van der Waals surface area contributed by atoms with E-state index in [0.29, 0.717) is 12.8 Å². The smallest absolute Gasteiger partial charge is 0.219 e.